The van der Waals surface area contributed by atoms with Crippen molar-refractivity contribution in [3.8, 4) is 0 Å². The zero-order valence-corrected chi connectivity index (χ0v) is 15.8. The van der Waals surface area contributed by atoms with Gasteiger partial charge in [-0.05, 0) is 43.9 Å². The fourth-order valence-electron chi connectivity index (χ4n) is 3.60. The molecule has 126 valence electrons. The molecule has 4 nitrogen and oxygen atoms in total. The highest BCUT2D eigenvalue weighted by Gasteiger charge is 2.25. The first-order chi connectivity index (χ1) is 12.2. The SMILES string of the molecule is C[C@H](c1nc2ccccc2s1)N(C)c1ncnc2sc3c(c12)CCC3. The average molecular weight is 367 g/mol. The molecule has 1 aliphatic carbocycles. The highest BCUT2D eigenvalue weighted by atomic mass is 32.1. The third-order valence-corrected chi connectivity index (χ3v) is 7.47. The molecule has 4 aromatic rings. The van der Waals surface area contributed by atoms with Crippen molar-refractivity contribution in [3.63, 3.8) is 0 Å². The van der Waals surface area contributed by atoms with Crippen molar-refractivity contribution in [3.05, 3.63) is 46.0 Å². The first-order valence-electron chi connectivity index (χ1n) is 8.56. The topological polar surface area (TPSA) is 41.9 Å². The Balaban J connectivity index is 1.59. The normalized spacial score (nSPS) is 15.0. The number of anilines is 1. The number of aromatic nitrogens is 3. The van der Waals surface area contributed by atoms with Crippen molar-refractivity contribution in [2.45, 2.75) is 32.2 Å². The Morgan fingerprint density at radius 1 is 1.12 bits per heavy atom. The minimum absolute atomic E-state index is 0.174. The van der Waals surface area contributed by atoms with E-state index in [2.05, 4.69) is 47.0 Å². The highest BCUT2D eigenvalue weighted by molar-refractivity contribution is 7.19. The standard InChI is InChI=1S/C19H18N4S2/c1-11(18-22-13-7-3-4-8-15(13)25-18)23(2)17-16-12-6-5-9-14(12)24-19(16)21-10-20-17/h3-4,7-8,10-11H,5-6,9H2,1-2H3/t11-/m1/s1. The van der Waals surface area contributed by atoms with E-state index in [1.807, 2.05) is 17.4 Å². The summed E-state index contributed by atoms with van der Waals surface area (Å²) in [4.78, 5) is 18.9. The van der Waals surface area contributed by atoms with Gasteiger partial charge >= 0.3 is 0 Å². The number of rotatable bonds is 3. The van der Waals surface area contributed by atoms with Gasteiger partial charge < -0.3 is 4.90 Å². The maximum atomic E-state index is 4.84. The number of para-hydroxylation sites is 1. The summed E-state index contributed by atoms with van der Waals surface area (Å²) in [7, 11) is 2.12. The Morgan fingerprint density at radius 3 is 2.88 bits per heavy atom. The monoisotopic (exact) mass is 366 g/mol. The van der Waals surface area contributed by atoms with Gasteiger partial charge in [-0.15, -0.1) is 22.7 Å². The lowest BCUT2D eigenvalue weighted by Crippen LogP contribution is -2.23. The third kappa shape index (κ3) is 2.35. The van der Waals surface area contributed by atoms with E-state index in [1.165, 1.54) is 33.4 Å². The van der Waals surface area contributed by atoms with Crippen LogP contribution < -0.4 is 4.90 Å². The van der Waals surface area contributed by atoms with Gasteiger partial charge in [-0.2, -0.15) is 0 Å². The molecule has 0 fully saturated rings. The predicted molar refractivity (Wildman–Crippen MR) is 106 cm³/mol. The summed E-state index contributed by atoms with van der Waals surface area (Å²) in [5, 5.41) is 2.39. The summed E-state index contributed by atoms with van der Waals surface area (Å²) in [6, 6.07) is 8.51. The molecule has 0 aliphatic heterocycles. The van der Waals surface area contributed by atoms with E-state index in [9.17, 15) is 0 Å². The van der Waals surface area contributed by atoms with E-state index in [4.69, 9.17) is 4.98 Å². The minimum atomic E-state index is 0.174. The summed E-state index contributed by atoms with van der Waals surface area (Å²) in [5.74, 6) is 1.04. The molecule has 0 amide bonds. The van der Waals surface area contributed by atoms with Crippen molar-refractivity contribution in [2.24, 2.45) is 0 Å². The van der Waals surface area contributed by atoms with E-state index in [1.54, 1.807) is 17.7 Å². The molecular formula is C19H18N4S2. The summed E-state index contributed by atoms with van der Waals surface area (Å²) in [5.41, 5.74) is 2.55. The zero-order valence-electron chi connectivity index (χ0n) is 14.2. The second-order valence-corrected chi connectivity index (χ2v) is 8.69. The van der Waals surface area contributed by atoms with Crippen LogP contribution in [0.5, 0.6) is 0 Å². The van der Waals surface area contributed by atoms with E-state index >= 15 is 0 Å². The first kappa shape index (κ1) is 15.2. The van der Waals surface area contributed by atoms with Gasteiger partial charge in [0.15, 0.2) is 0 Å². The molecule has 0 radical (unpaired) electrons. The fraction of sp³-hybridized carbons (Fsp3) is 0.316. The lowest BCUT2D eigenvalue weighted by molar-refractivity contribution is 0.726. The highest BCUT2D eigenvalue weighted by Crippen LogP contribution is 2.41. The molecule has 3 aromatic heterocycles. The zero-order chi connectivity index (χ0) is 17.0. The summed E-state index contributed by atoms with van der Waals surface area (Å²) in [6.45, 7) is 2.21. The maximum absolute atomic E-state index is 4.84. The average Bonchev–Trinajstić information content (AvgIpc) is 3.33. The van der Waals surface area contributed by atoms with E-state index in [0.29, 0.717) is 0 Å². The summed E-state index contributed by atoms with van der Waals surface area (Å²) >= 11 is 3.61. The number of nitrogens with zero attached hydrogens (tertiary/aromatic N) is 4. The molecule has 0 N–H and O–H groups in total. The van der Waals surface area contributed by atoms with Gasteiger partial charge in [0, 0.05) is 11.9 Å². The van der Waals surface area contributed by atoms with Gasteiger partial charge in [-0.1, -0.05) is 12.1 Å². The van der Waals surface area contributed by atoms with Crippen LogP contribution in [-0.4, -0.2) is 22.0 Å². The second kappa shape index (κ2) is 5.75. The van der Waals surface area contributed by atoms with Crippen molar-refractivity contribution in [1.82, 2.24) is 15.0 Å². The van der Waals surface area contributed by atoms with Crippen LogP contribution in [0.4, 0.5) is 5.82 Å². The number of hydrogen-bond donors (Lipinski definition) is 0. The van der Waals surface area contributed by atoms with Crippen LogP contribution in [-0.2, 0) is 12.8 Å². The quantitative estimate of drug-likeness (QED) is 0.512. The van der Waals surface area contributed by atoms with Gasteiger partial charge in [0.25, 0.3) is 0 Å². The molecule has 1 atom stereocenters. The van der Waals surface area contributed by atoms with Gasteiger partial charge in [0.1, 0.15) is 22.0 Å². The lowest BCUT2D eigenvalue weighted by Gasteiger charge is -2.25. The molecule has 1 aliphatic rings. The van der Waals surface area contributed by atoms with Crippen LogP contribution in [0.2, 0.25) is 0 Å². The number of fused-ring (bicyclic) bond motifs is 4. The molecule has 0 saturated carbocycles. The van der Waals surface area contributed by atoms with Crippen LogP contribution in [0.3, 0.4) is 0 Å². The Bertz CT molecular complexity index is 1050. The van der Waals surface area contributed by atoms with Crippen LogP contribution in [0.15, 0.2) is 30.6 Å². The fourth-order valence-corrected chi connectivity index (χ4v) is 5.88. The molecule has 0 unspecified atom stereocenters. The van der Waals surface area contributed by atoms with E-state index < -0.39 is 0 Å². The third-order valence-electron chi connectivity index (χ3n) is 5.06. The molecular weight excluding hydrogens is 348 g/mol. The first-order valence-corrected chi connectivity index (χ1v) is 10.2. The number of hydrogen-bond acceptors (Lipinski definition) is 6. The predicted octanol–water partition coefficient (Wildman–Crippen LogP) is 4.99. The van der Waals surface area contributed by atoms with Crippen molar-refractivity contribution in [1.29, 1.82) is 0 Å². The Hall–Kier alpha value is -2.05. The van der Waals surface area contributed by atoms with Gasteiger partial charge in [-0.25, -0.2) is 15.0 Å². The Morgan fingerprint density at radius 2 is 2.00 bits per heavy atom. The molecule has 0 spiro atoms. The number of aryl methyl sites for hydroxylation is 2. The van der Waals surface area contributed by atoms with Gasteiger partial charge in [-0.3, -0.25) is 0 Å². The number of thiophene rings is 1. The Labute approximate surface area is 154 Å². The Kier molecular flexibility index (Phi) is 3.50. The molecule has 0 bridgehead atoms. The van der Waals surface area contributed by atoms with Crippen LogP contribution in [0.25, 0.3) is 20.4 Å². The molecule has 1 aromatic carbocycles. The largest absolute Gasteiger partial charge is 0.350 e. The van der Waals surface area contributed by atoms with Crippen LogP contribution in [0.1, 0.15) is 34.8 Å². The molecule has 3 heterocycles. The van der Waals surface area contributed by atoms with Crippen molar-refractivity contribution < 1.29 is 0 Å². The molecule has 6 heteroatoms. The summed E-state index contributed by atoms with van der Waals surface area (Å²) in [6.07, 6.45) is 5.29. The molecule has 0 saturated heterocycles. The van der Waals surface area contributed by atoms with Gasteiger partial charge in [0.2, 0.25) is 0 Å². The maximum Gasteiger partial charge on any atom is 0.141 e. The smallest absolute Gasteiger partial charge is 0.141 e. The van der Waals surface area contributed by atoms with Crippen molar-refractivity contribution >= 4 is 48.9 Å². The van der Waals surface area contributed by atoms with Crippen molar-refractivity contribution in [2.75, 3.05) is 11.9 Å². The molecule has 5 rings (SSSR count). The van der Waals surface area contributed by atoms with Crippen LogP contribution >= 0.6 is 22.7 Å². The molecule has 25 heavy (non-hydrogen) atoms. The number of benzene rings is 1. The van der Waals surface area contributed by atoms with E-state index in [0.717, 1.165) is 27.6 Å². The second-order valence-electron chi connectivity index (χ2n) is 6.54. The van der Waals surface area contributed by atoms with Gasteiger partial charge in [0.05, 0.1) is 21.6 Å². The summed E-state index contributed by atoms with van der Waals surface area (Å²) < 4.78 is 1.24. The minimum Gasteiger partial charge on any atom is -0.350 e. The lowest BCUT2D eigenvalue weighted by atomic mass is 10.1. The van der Waals surface area contributed by atoms with E-state index in [-0.39, 0.29) is 6.04 Å². The number of thiazole rings is 1. The van der Waals surface area contributed by atoms with Crippen LogP contribution in [0, 0.1) is 0 Å².